The predicted octanol–water partition coefficient (Wildman–Crippen LogP) is 1.62. The van der Waals surface area contributed by atoms with Crippen molar-refractivity contribution in [3.05, 3.63) is 93.4 Å². The van der Waals surface area contributed by atoms with E-state index in [4.69, 9.17) is 4.74 Å². The number of aromatic hydroxyl groups is 1. The quantitative estimate of drug-likeness (QED) is 0.454. The largest absolute Gasteiger partial charge is 0.502 e. The Morgan fingerprint density at radius 3 is 2.65 bits per heavy atom. The molecule has 1 N–H and O–H groups in total. The molecule has 0 aliphatic carbocycles. The number of ether oxygens (including phenoxy) is 1. The molecule has 40 heavy (non-hydrogen) atoms. The average molecular weight is 551 g/mol. The molecule has 1 atom stereocenters. The number of aryl methyl sites for hydroxylation is 1. The first kappa shape index (κ1) is 25.5. The summed E-state index contributed by atoms with van der Waals surface area (Å²) in [6, 6.07) is 2.11. The normalized spacial score (nSPS) is 20.1. The summed E-state index contributed by atoms with van der Waals surface area (Å²) < 4.78 is 36.6. The molecule has 0 radical (unpaired) electrons. The van der Waals surface area contributed by atoms with E-state index >= 15 is 0 Å². The number of carbonyl (C=O) groups is 2. The van der Waals surface area contributed by atoms with E-state index in [0.717, 1.165) is 18.2 Å². The number of benzene rings is 1. The van der Waals surface area contributed by atoms with Gasteiger partial charge in [-0.15, -0.1) is 0 Å². The minimum absolute atomic E-state index is 0.0435. The second-order valence-corrected chi connectivity index (χ2v) is 10.00. The van der Waals surface area contributed by atoms with Crippen LogP contribution >= 0.6 is 0 Å². The molecule has 2 amide bonds. The number of fused-ring (bicyclic) bond motifs is 6. The molecule has 1 aromatic carbocycles. The summed E-state index contributed by atoms with van der Waals surface area (Å²) in [6.45, 7) is 3.29. The SMILES string of the molecule is CC(=O)N1CC2(/C=C/COc3cc(F)c(F)cc3C(c3cncnc3C)N3CN2C(=O)c2c(O)c(=O)ccn23)C1. The minimum Gasteiger partial charge on any atom is -0.502 e. The van der Waals surface area contributed by atoms with Gasteiger partial charge in [0.25, 0.3) is 5.91 Å². The van der Waals surface area contributed by atoms with Gasteiger partial charge in [-0.3, -0.25) is 24.1 Å². The first-order valence-corrected chi connectivity index (χ1v) is 12.5. The minimum atomic E-state index is -1.12. The van der Waals surface area contributed by atoms with E-state index in [-0.39, 0.29) is 49.3 Å². The number of nitrogens with zero attached hydrogens (tertiary/aromatic N) is 6. The van der Waals surface area contributed by atoms with Crippen LogP contribution in [0.3, 0.4) is 0 Å². The number of pyridine rings is 1. The Balaban J connectivity index is 1.65. The second-order valence-electron chi connectivity index (χ2n) is 10.00. The number of carbonyl (C=O) groups excluding carboxylic acids is 2. The highest BCUT2D eigenvalue weighted by Crippen LogP contribution is 2.41. The molecule has 3 aliphatic heterocycles. The summed E-state index contributed by atoms with van der Waals surface area (Å²) in [7, 11) is 0. The molecule has 3 aromatic rings. The molecule has 2 bridgehead atoms. The Morgan fingerprint density at radius 1 is 1.18 bits per heavy atom. The summed E-state index contributed by atoms with van der Waals surface area (Å²) in [5.74, 6) is -3.76. The van der Waals surface area contributed by atoms with Crippen molar-refractivity contribution in [2.75, 3.05) is 31.4 Å². The Bertz CT molecular complexity index is 1650. The fourth-order valence-electron chi connectivity index (χ4n) is 5.53. The highest BCUT2D eigenvalue weighted by molar-refractivity contribution is 5.97. The van der Waals surface area contributed by atoms with Crippen LogP contribution in [0.5, 0.6) is 11.5 Å². The molecule has 5 heterocycles. The van der Waals surface area contributed by atoms with Gasteiger partial charge in [0.2, 0.25) is 11.3 Å². The van der Waals surface area contributed by atoms with Gasteiger partial charge in [0.15, 0.2) is 23.1 Å². The molecule has 1 saturated heterocycles. The molecule has 206 valence electrons. The zero-order valence-corrected chi connectivity index (χ0v) is 21.5. The molecular weight excluding hydrogens is 526 g/mol. The maximum atomic E-state index is 14.8. The van der Waals surface area contributed by atoms with Gasteiger partial charge in [0.1, 0.15) is 31.4 Å². The van der Waals surface area contributed by atoms with Crippen LogP contribution in [0.2, 0.25) is 0 Å². The van der Waals surface area contributed by atoms with Crippen LogP contribution in [0.25, 0.3) is 0 Å². The monoisotopic (exact) mass is 550 g/mol. The summed E-state index contributed by atoms with van der Waals surface area (Å²) in [5.41, 5.74) is -0.873. The molecule has 3 aliphatic rings. The van der Waals surface area contributed by atoms with E-state index in [1.165, 1.54) is 35.2 Å². The van der Waals surface area contributed by atoms with Crippen molar-refractivity contribution in [3.63, 3.8) is 0 Å². The molecule has 13 heteroatoms. The van der Waals surface area contributed by atoms with Crippen LogP contribution < -0.4 is 15.2 Å². The van der Waals surface area contributed by atoms with E-state index in [1.54, 1.807) is 29.0 Å². The van der Waals surface area contributed by atoms with E-state index in [9.17, 15) is 28.3 Å². The van der Waals surface area contributed by atoms with E-state index in [1.807, 2.05) is 0 Å². The van der Waals surface area contributed by atoms with Gasteiger partial charge in [0.05, 0.1) is 5.54 Å². The highest BCUT2D eigenvalue weighted by atomic mass is 19.2. The lowest BCUT2D eigenvalue weighted by atomic mass is 9.86. The number of hydrogen-bond acceptors (Lipinski definition) is 8. The van der Waals surface area contributed by atoms with Gasteiger partial charge in [0, 0.05) is 61.4 Å². The number of halogens is 2. The third-order valence-electron chi connectivity index (χ3n) is 7.63. The average Bonchev–Trinajstić information content (AvgIpc) is 2.91. The van der Waals surface area contributed by atoms with Gasteiger partial charge >= 0.3 is 0 Å². The lowest BCUT2D eigenvalue weighted by Crippen LogP contribution is -2.74. The second kappa shape index (κ2) is 9.14. The number of amides is 2. The van der Waals surface area contributed by atoms with Crippen molar-refractivity contribution in [2.45, 2.75) is 25.4 Å². The Kier molecular flexibility index (Phi) is 5.82. The number of rotatable bonds is 1. The van der Waals surface area contributed by atoms with E-state index < -0.39 is 40.3 Å². The van der Waals surface area contributed by atoms with Crippen molar-refractivity contribution in [2.24, 2.45) is 0 Å². The number of likely N-dealkylation sites (tertiary alicyclic amines) is 1. The molecule has 0 saturated carbocycles. The first-order chi connectivity index (χ1) is 19.1. The Labute approximate surface area is 226 Å². The fourth-order valence-corrected chi connectivity index (χ4v) is 5.53. The van der Waals surface area contributed by atoms with Crippen molar-refractivity contribution < 1.29 is 28.2 Å². The topological polar surface area (TPSA) is 121 Å². The van der Waals surface area contributed by atoms with Crippen LogP contribution in [0.1, 0.15) is 40.3 Å². The molecule has 1 unspecified atom stereocenters. The van der Waals surface area contributed by atoms with Gasteiger partial charge in [-0.2, -0.15) is 0 Å². The van der Waals surface area contributed by atoms with Gasteiger partial charge in [-0.05, 0) is 19.1 Å². The van der Waals surface area contributed by atoms with Crippen LogP contribution in [0.15, 0.2) is 53.9 Å². The molecule has 2 aromatic heterocycles. The lowest BCUT2D eigenvalue weighted by molar-refractivity contribution is -0.139. The molecule has 1 spiro atoms. The summed E-state index contributed by atoms with van der Waals surface area (Å²) in [5, 5.41) is 12.5. The predicted molar refractivity (Wildman–Crippen MR) is 136 cm³/mol. The van der Waals surface area contributed by atoms with E-state index in [0.29, 0.717) is 11.3 Å². The smallest absolute Gasteiger partial charge is 0.278 e. The summed E-state index contributed by atoms with van der Waals surface area (Å²) >= 11 is 0. The maximum Gasteiger partial charge on any atom is 0.278 e. The Hall–Kier alpha value is -4.81. The zero-order valence-electron chi connectivity index (χ0n) is 21.5. The number of hydrogen-bond donors (Lipinski definition) is 1. The third kappa shape index (κ3) is 3.80. The van der Waals surface area contributed by atoms with Crippen LogP contribution in [-0.4, -0.2) is 73.3 Å². The first-order valence-electron chi connectivity index (χ1n) is 12.5. The van der Waals surface area contributed by atoms with Crippen molar-refractivity contribution in [1.29, 1.82) is 0 Å². The van der Waals surface area contributed by atoms with Crippen LogP contribution in [0, 0.1) is 18.6 Å². The van der Waals surface area contributed by atoms with Crippen LogP contribution in [-0.2, 0) is 4.79 Å². The zero-order chi connectivity index (χ0) is 28.3. The van der Waals surface area contributed by atoms with Gasteiger partial charge in [-0.1, -0.05) is 6.08 Å². The fraction of sp³-hybridized carbons (Fsp3) is 0.296. The molecular formula is C27H24F2N6O5. The summed E-state index contributed by atoms with van der Waals surface area (Å²) in [6.07, 6.45) is 7.58. The standard InChI is InChI=1S/C27H24F2N6O5/c1-15-18(10-30-13-31-15)23-17-8-19(28)20(29)9-22(17)40-7-3-5-27(11-32(12-27)16(2)36)33-14-35(23)34-6-4-21(37)25(38)24(34)26(33)39/h3-6,8-10,13,23,38H,7,11-12,14H2,1-2H3/b5-3+. The Morgan fingerprint density at radius 2 is 1.93 bits per heavy atom. The lowest BCUT2D eigenvalue weighted by Gasteiger charge is -2.57. The van der Waals surface area contributed by atoms with Crippen molar-refractivity contribution >= 4 is 11.8 Å². The highest BCUT2D eigenvalue weighted by Gasteiger charge is 2.53. The molecule has 1 fully saturated rings. The van der Waals surface area contributed by atoms with Crippen molar-refractivity contribution in [1.82, 2.24) is 24.4 Å². The molecule has 11 nitrogen and oxygen atoms in total. The van der Waals surface area contributed by atoms with Gasteiger partial charge in [-0.25, -0.2) is 18.7 Å². The van der Waals surface area contributed by atoms with Gasteiger partial charge < -0.3 is 19.6 Å². The molecule has 6 rings (SSSR count). The maximum absolute atomic E-state index is 14.8. The van der Waals surface area contributed by atoms with E-state index in [2.05, 4.69) is 9.97 Å². The third-order valence-corrected chi connectivity index (χ3v) is 7.63. The summed E-state index contributed by atoms with van der Waals surface area (Å²) in [4.78, 5) is 50.0. The van der Waals surface area contributed by atoms with Crippen LogP contribution in [0.4, 0.5) is 8.78 Å². The van der Waals surface area contributed by atoms with Crippen molar-refractivity contribution in [3.8, 4) is 11.5 Å². The number of aromatic nitrogens is 3.